The molecule has 3 nitrogen and oxygen atoms in total. The number of rotatable bonds is 5. The van der Waals surface area contributed by atoms with E-state index in [1.54, 1.807) is 0 Å². The molecule has 2 rings (SSSR count). The van der Waals surface area contributed by atoms with Crippen LogP contribution in [0.3, 0.4) is 0 Å². The molecular formula is C14H26N2O. The zero-order valence-electron chi connectivity index (χ0n) is 11.3. The van der Waals surface area contributed by atoms with Crippen molar-refractivity contribution in [2.75, 3.05) is 13.1 Å². The number of piperidine rings is 1. The maximum atomic E-state index is 12.2. The fourth-order valence-corrected chi connectivity index (χ4v) is 2.94. The van der Waals surface area contributed by atoms with Gasteiger partial charge in [0, 0.05) is 6.54 Å². The highest BCUT2D eigenvalue weighted by Crippen LogP contribution is 2.48. The van der Waals surface area contributed by atoms with Crippen LogP contribution in [0.5, 0.6) is 0 Å². The van der Waals surface area contributed by atoms with Crippen molar-refractivity contribution >= 4 is 5.91 Å². The molecule has 0 aromatic rings. The van der Waals surface area contributed by atoms with Crippen LogP contribution < -0.4 is 10.6 Å². The Bertz CT molecular complexity index is 278. The summed E-state index contributed by atoms with van der Waals surface area (Å²) in [4.78, 5) is 12.2. The molecule has 1 saturated carbocycles. The van der Waals surface area contributed by atoms with Gasteiger partial charge in [-0.1, -0.05) is 13.3 Å². The molecule has 0 radical (unpaired) electrons. The Balaban J connectivity index is 1.80. The minimum atomic E-state index is -0.319. The Kier molecular flexibility index (Phi) is 3.76. The molecule has 1 unspecified atom stereocenters. The Morgan fingerprint density at radius 2 is 2.06 bits per heavy atom. The Labute approximate surface area is 105 Å². The molecule has 0 aromatic carbocycles. The lowest BCUT2D eigenvalue weighted by Gasteiger charge is -2.34. The van der Waals surface area contributed by atoms with Gasteiger partial charge in [0.1, 0.15) is 0 Å². The van der Waals surface area contributed by atoms with Crippen molar-refractivity contribution in [1.29, 1.82) is 0 Å². The predicted molar refractivity (Wildman–Crippen MR) is 69.8 cm³/mol. The van der Waals surface area contributed by atoms with Crippen LogP contribution >= 0.6 is 0 Å². The summed E-state index contributed by atoms with van der Waals surface area (Å²) in [5.74, 6) is 0.208. The van der Waals surface area contributed by atoms with Gasteiger partial charge in [0.25, 0.3) is 0 Å². The lowest BCUT2D eigenvalue weighted by atomic mass is 9.89. The van der Waals surface area contributed by atoms with Gasteiger partial charge in [-0.05, 0) is 57.4 Å². The minimum Gasteiger partial charge on any atom is -0.354 e. The van der Waals surface area contributed by atoms with Gasteiger partial charge in [-0.15, -0.1) is 0 Å². The van der Waals surface area contributed by atoms with Gasteiger partial charge in [0.2, 0.25) is 5.91 Å². The summed E-state index contributed by atoms with van der Waals surface area (Å²) < 4.78 is 0. The molecule has 98 valence electrons. The summed E-state index contributed by atoms with van der Waals surface area (Å²) in [5.41, 5.74) is 0.135. The normalized spacial score (nSPS) is 30.9. The largest absolute Gasteiger partial charge is 0.354 e. The highest BCUT2D eigenvalue weighted by Gasteiger charge is 2.43. The van der Waals surface area contributed by atoms with E-state index in [9.17, 15) is 4.79 Å². The van der Waals surface area contributed by atoms with Gasteiger partial charge in [0.05, 0.1) is 5.54 Å². The second kappa shape index (κ2) is 4.97. The number of amides is 1. The maximum absolute atomic E-state index is 12.2. The van der Waals surface area contributed by atoms with E-state index < -0.39 is 0 Å². The highest BCUT2D eigenvalue weighted by molar-refractivity contribution is 5.86. The monoisotopic (exact) mass is 238 g/mol. The van der Waals surface area contributed by atoms with Crippen molar-refractivity contribution in [3.63, 3.8) is 0 Å². The molecule has 0 aromatic heterocycles. The molecular weight excluding hydrogens is 212 g/mol. The summed E-state index contributed by atoms with van der Waals surface area (Å²) >= 11 is 0. The van der Waals surface area contributed by atoms with Crippen molar-refractivity contribution < 1.29 is 4.79 Å². The SMILES string of the molecule is CCCC1(CNC(=O)C2(C)CCCCN2)CC1. The fourth-order valence-electron chi connectivity index (χ4n) is 2.94. The molecule has 1 aliphatic heterocycles. The highest BCUT2D eigenvalue weighted by atomic mass is 16.2. The Morgan fingerprint density at radius 1 is 1.29 bits per heavy atom. The van der Waals surface area contributed by atoms with Crippen LogP contribution in [0, 0.1) is 5.41 Å². The van der Waals surface area contributed by atoms with E-state index in [1.807, 2.05) is 6.92 Å². The van der Waals surface area contributed by atoms with Crippen molar-refractivity contribution in [3.05, 3.63) is 0 Å². The van der Waals surface area contributed by atoms with Crippen LogP contribution in [-0.2, 0) is 4.79 Å². The van der Waals surface area contributed by atoms with Crippen molar-refractivity contribution in [2.24, 2.45) is 5.41 Å². The van der Waals surface area contributed by atoms with Gasteiger partial charge in [-0.3, -0.25) is 4.79 Å². The third-order valence-corrected chi connectivity index (χ3v) is 4.48. The van der Waals surface area contributed by atoms with Crippen LogP contribution in [0.1, 0.15) is 58.8 Å². The topological polar surface area (TPSA) is 41.1 Å². The summed E-state index contributed by atoms with van der Waals surface area (Å²) in [6, 6.07) is 0. The van der Waals surface area contributed by atoms with Gasteiger partial charge >= 0.3 is 0 Å². The van der Waals surface area contributed by atoms with Crippen LogP contribution in [0.4, 0.5) is 0 Å². The summed E-state index contributed by atoms with van der Waals surface area (Å²) in [6.07, 6.45) is 8.42. The molecule has 2 N–H and O–H groups in total. The van der Waals surface area contributed by atoms with Crippen LogP contribution in [0.15, 0.2) is 0 Å². The van der Waals surface area contributed by atoms with Crippen molar-refractivity contribution in [2.45, 2.75) is 64.3 Å². The Morgan fingerprint density at radius 3 is 2.59 bits per heavy atom. The van der Waals surface area contributed by atoms with Gasteiger partial charge < -0.3 is 10.6 Å². The molecule has 2 aliphatic rings. The molecule has 3 heteroatoms. The zero-order chi connectivity index (χ0) is 12.4. The zero-order valence-corrected chi connectivity index (χ0v) is 11.3. The lowest BCUT2D eigenvalue weighted by Crippen LogP contribution is -2.57. The first-order valence-corrected chi connectivity index (χ1v) is 7.14. The fraction of sp³-hybridized carbons (Fsp3) is 0.929. The quantitative estimate of drug-likeness (QED) is 0.771. The van der Waals surface area contributed by atoms with E-state index in [-0.39, 0.29) is 11.4 Å². The maximum Gasteiger partial charge on any atom is 0.240 e. The molecule has 17 heavy (non-hydrogen) atoms. The molecule has 1 heterocycles. The molecule has 2 fully saturated rings. The molecule has 1 saturated heterocycles. The second-order valence-corrected chi connectivity index (χ2v) is 6.15. The number of hydrogen-bond acceptors (Lipinski definition) is 2. The minimum absolute atomic E-state index is 0.208. The molecule has 0 bridgehead atoms. The average Bonchev–Trinajstić information content (AvgIpc) is 3.08. The van der Waals surface area contributed by atoms with Crippen molar-refractivity contribution in [1.82, 2.24) is 10.6 Å². The van der Waals surface area contributed by atoms with E-state index in [2.05, 4.69) is 17.6 Å². The first-order valence-electron chi connectivity index (χ1n) is 7.14. The average molecular weight is 238 g/mol. The van der Waals surface area contributed by atoms with E-state index in [1.165, 1.54) is 32.1 Å². The number of carbonyl (C=O) groups excluding carboxylic acids is 1. The number of carbonyl (C=O) groups is 1. The van der Waals surface area contributed by atoms with E-state index in [4.69, 9.17) is 0 Å². The smallest absolute Gasteiger partial charge is 0.240 e. The van der Waals surface area contributed by atoms with E-state index in [0.717, 1.165) is 25.9 Å². The second-order valence-electron chi connectivity index (χ2n) is 6.15. The summed E-state index contributed by atoms with van der Waals surface area (Å²) in [6.45, 7) is 6.13. The third kappa shape index (κ3) is 3.01. The standard InChI is InChI=1S/C14H26N2O/c1-3-6-14(8-9-14)11-15-12(17)13(2)7-4-5-10-16-13/h16H,3-11H2,1-2H3,(H,15,17). The third-order valence-electron chi connectivity index (χ3n) is 4.48. The molecule has 1 atom stereocenters. The van der Waals surface area contributed by atoms with Crippen molar-refractivity contribution in [3.8, 4) is 0 Å². The first-order chi connectivity index (χ1) is 8.10. The predicted octanol–water partition coefficient (Wildman–Crippen LogP) is 2.22. The van der Waals surface area contributed by atoms with Crippen LogP contribution in [-0.4, -0.2) is 24.5 Å². The summed E-state index contributed by atoms with van der Waals surface area (Å²) in [7, 11) is 0. The van der Waals surface area contributed by atoms with E-state index in [0.29, 0.717) is 5.41 Å². The Hall–Kier alpha value is -0.570. The first kappa shape index (κ1) is 12.9. The molecule has 0 spiro atoms. The number of hydrogen-bond donors (Lipinski definition) is 2. The van der Waals surface area contributed by atoms with Crippen LogP contribution in [0.2, 0.25) is 0 Å². The van der Waals surface area contributed by atoms with E-state index >= 15 is 0 Å². The van der Waals surface area contributed by atoms with Crippen LogP contribution in [0.25, 0.3) is 0 Å². The van der Waals surface area contributed by atoms with Gasteiger partial charge in [-0.25, -0.2) is 0 Å². The number of nitrogens with one attached hydrogen (secondary N) is 2. The lowest BCUT2D eigenvalue weighted by molar-refractivity contribution is -0.128. The van der Waals surface area contributed by atoms with Gasteiger partial charge in [0.15, 0.2) is 0 Å². The van der Waals surface area contributed by atoms with Gasteiger partial charge in [-0.2, -0.15) is 0 Å². The molecule has 1 amide bonds. The summed E-state index contributed by atoms with van der Waals surface area (Å²) in [5, 5.41) is 6.55. The molecule has 1 aliphatic carbocycles.